The van der Waals surface area contributed by atoms with Crippen LogP contribution >= 0.6 is 0 Å². The largest absolute Gasteiger partial charge is 0.438 e. The number of oxazole rings is 1. The van der Waals surface area contributed by atoms with Crippen molar-refractivity contribution < 1.29 is 13.6 Å². The van der Waals surface area contributed by atoms with E-state index in [0.717, 1.165) is 5.56 Å². The summed E-state index contributed by atoms with van der Waals surface area (Å²) in [6, 6.07) is 5.35. The zero-order valence-electron chi connectivity index (χ0n) is 12.2. The predicted octanol–water partition coefficient (Wildman–Crippen LogP) is 3.25. The van der Waals surface area contributed by atoms with Crippen molar-refractivity contribution in [3.63, 3.8) is 0 Å². The van der Waals surface area contributed by atoms with E-state index >= 15 is 0 Å². The van der Waals surface area contributed by atoms with Gasteiger partial charge in [-0.2, -0.15) is 0 Å². The summed E-state index contributed by atoms with van der Waals surface area (Å²) in [6.07, 6.45) is 1.56. The van der Waals surface area contributed by atoms with Crippen molar-refractivity contribution in [2.45, 2.75) is 32.9 Å². The molecule has 2 rings (SSSR count). The lowest BCUT2D eigenvalue weighted by Crippen LogP contribution is -2.40. The van der Waals surface area contributed by atoms with Crippen LogP contribution in [0.15, 0.2) is 34.9 Å². The van der Waals surface area contributed by atoms with E-state index in [1.165, 1.54) is 12.1 Å². The minimum absolute atomic E-state index is 0.0523. The number of halogens is 1. The van der Waals surface area contributed by atoms with Gasteiger partial charge in [-0.1, -0.05) is 0 Å². The van der Waals surface area contributed by atoms with Gasteiger partial charge in [0.15, 0.2) is 5.76 Å². The number of aromatic nitrogens is 1. The fraction of sp³-hybridized carbons (Fsp3) is 0.333. The molecule has 1 aromatic heterocycles. The first-order chi connectivity index (χ1) is 9.95. The molecule has 0 saturated heterocycles. The van der Waals surface area contributed by atoms with Crippen LogP contribution in [0.25, 0.3) is 11.3 Å². The number of nitrogens with one attached hydrogen (secondary N) is 2. The van der Waals surface area contributed by atoms with Gasteiger partial charge in [0, 0.05) is 11.6 Å². The molecule has 0 spiro atoms. The molecule has 0 aliphatic heterocycles. The normalized spacial score (nSPS) is 12.2. The van der Waals surface area contributed by atoms with Gasteiger partial charge in [0.05, 0.1) is 6.20 Å². The second kappa shape index (κ2) is 6.39. The summed E-state index contributed by atoms with van der Waals surface area (Å²) >= 11 is 0. The SMILES string of the molecule is CC(C)NC(=O)NC(C)c1ncc(-c2ccc(F)cc2)o1. The molecule has 1 atom stereocenters. The molecule has 0 aliphatic rings. The molecule has 0 bridgehead atoms. The molecule has 2 aromatic rings. The zero-order valence-corrected chi connectivity index (χ0v) is 12.2. The van der Waals surface area contributed by atoms with Crippen LogP contribution in [0.1, 0.15) is 32.7 Å². The molecule has 21 heavy (non-hydrogen) atoms. The molecule has 0 saturated carbocycles. The highest BCUT2D eigenvalue weighted by Gasteiger charge is 2.16. The first kappa shape index (κ1) is 15.0. The maximum Gasteiger partial charge on any atom is 0.315 e. The second-order valence-electron chi connectivity index (χ2n) is 5.06. The Bertz CT molecular complexity index is 608. The van der Waals surface area contributed by atoms with Crippen molar-refractivity contribution in [2.75, 3.05) is 0 Å². The lowest BCUT2D eigenvalue weighted by atomic mass is 10.2. The summed E-state index contributed by atoms with van der Waals surface area (Å²) in [6.45, 7) is 5.53. The minimum Gasteiger partial charge on any atom is -0.438 e. The Hall–Kier alpha value is -2.37. The average Bonchev–Trinajstić information content (AvgIpc) is 2.88. The summed E-state index contributed by atoms with van der Waals surface area (Å²) in [5.74, 6) is 0.620. The molecular formula is C15H18FN3O2. The molecule has 2 amide bonds. The molecule has 1 unspecified atom stereocenters. The van der Waals surface area contributed by atoms with Crippen LogP contribution in [0.3, 0.4) is 0 Å². The standard InChI is InChI=1S/C15H18FN3O2/c1-9(2)18-15(20)19-10(3)14-17-8-13(21-14)11-4-6-12(16)7-5-11/h4-10H,1-3H3,(H2,18,19,20). The second-order valence-corrected chi connectivity index (χ2v) is 5.06. The van der Waals surface area contributed by atoms with E-state index in [2.05, 4.69) is 15.6 Å². The number of nitrogens with zero attached hydrogens (tertiary/aromatic N) is 1. The van der Waals surface area contributed by atoms with Crippen LogP contribution in [0.5, 0.6) is 0 Å². The number of rotatable bonds is 4. The highest BCUT2D eigenvalue weighted by atomic mass is 19.1. The predicted molar refractivity (Wildman–Crippen MR) is 77.1 cm³/mol. The minimum atomic E-state index is -0.363. The Morgan fingerprint density at radius 3 is 2.48 bits per heavy atom. The fourth-order valence-electron chi connectivity index (χ4n) is 1.80. The number of benzene rings is 1. The van der Waals surface area contributed by atoms with E-state index < -0.39 is 0 Å². The van der Waals surface area contributed by atoms with Gasteiger partial charge < -0.3 is 15.1 Å². The molecule has 1 heterocycles. The van der Waals surface area contributed by atoms with Gasteiger partial charge in [-0.25, -0.2) is 14.2 Å². The van der Waals surface area contributed by atoms with Crippen molar-refractivity contribution in [1.82, 2.24) is 15.6 Å². The maximum absolute atomic E-state index is 12.9. The third-order valence-electron chi connectivity index (χ3n) is 2.79. The number of amides is 2. The van der Waals surface area contributed by atoms with Gasteiger partial charge >= 0.3 is 6.03 Å². The van der Waals surface area contributed by atoms with Gasteiger partial charge in [0.1, 0.15) is 11.9 Å². The van der Waals surface area contributed by atoms with E-state index in [9.17, 15) is 9.18 Å². The highest BCUT2D eigenvalue weighted by Crippen LogP contribution is 2.23. The molecule has 5 nitrogen and oxygen atoms in total. The number of carbonyl (C=O) groups is 1. The van der Waals surface area contributed by atoms with Gasteiger partial charge in [-0.15, -0.1) is 0 Å². The van der Waals surface area contributed by atoms with Crippen LogP contribution in [0.4, 0.5) is 9.18 Å². The van der Waals surface area contributed by atoms with Crippen molar-refractivity contribution >= 4 is 6.03 Å². The average molecular weight is 291 g/mol. The molecule has 0 radical (unpaired) electrons. The Morgan fingerprint density at radius 2 is 1.86 bits per heavy atom. The summed E-state index contributed by atoms with van der Waals surface area (Å²) in [4.78, 5) is 15.8. The molecular weight excluding hydrogens is 273 g/mol. The molecule has 1 aromatic carbocycles. The zero-order chi connectivity index (χ0) is 15.4. The number of urea groups is 1. The third-order valence-corrected chi connectivity index (χ3v) is 2.79. The Kier molecular flexibility index (Phi) is 4.57. The Morgan fingerprint density at radius 1 is 1.19 bits per heavy atom. The lowest BCUT2D eigenvalue weighted by molar-refractivity contribution is 0.233. The Balaban J connectivity index is 2.05. The highest BCUT2D eigenvalue weighted by molar-refractivity contribution is 5.74. The first-order valence-corrected chi connectivity index (χ1v) is 6.74. The quantitative estimate of drug-likeness (QED) is 0.908. The van der Waals surface area contributed by atoms with Crippen LogP contribution < -0.4 is 10.6 Å². The van der Waals surface area contributed by atoms with Crippen molar-refractivity contribution in [3.8, 4) is 11.3 Å². The summed E-state index contributed by atoms with van der Waals surface area (Å²) in [7, 11) is 0. The number of hydrogen-bond acceptors (Lipinski definition) is 3. The van der Waals surface area contributed by atoms with Gasteiger partial charge in [-0.05, 0) is 45.0 Å². The van der Waals surface area contributed by atoms with Crippen LogP contribution in [0, 0.1) is 5.82 Å². The molecule has 2 N–H and O–H groups in total. The van der Waals surface area contributed by atoms with Crippen molar-refractivity contribution in [2.24, 2.45) is 0 Å². The van der Waals surface area contributed by atoms with E-state index in [0.29, 0.717) is 11.7 Å². The molecule has 0 aliphatic carbocycles. The van der Waals surface area contributed by atoms with E-state index in [4.69, 9.17) is 4.42 Å². The van der Waals surface area contributed by atoms with Gasteiger partial charge in [0.25, 0.3) is 0 Å². The fourth-order valence-corrected chi connectivity index (χ4v) is 1.80. The summed E-state index contributed by atoms with van der Waals surface area (Å²) in [5, 5.41) is 5.46. The molecule has 0 fully saturated rings. The monoisotopic (exact) mass is 291 g/mol. The smallest absolute Gasteiger partial charge is 0.315 e. The van der Waals surface area contributed by atoms with E-state index in [1.54, 1.807) is 25.3 Å². The number of carbonyl (C=O) groups excluding carboxylic acids is 1. The van der Waals surface area contributed by atoms with Gasteiger partial charge in [0.2, 0.25) is 5.89 Å². The number of hydrogen-bond donors (Lipinski definition) is 2. The van der Waals surface area contributed by atoms with Crippen molar-refractivity contribution in [1.29, 1.82) is 0 Å². The topological polar surface area (TPSA) is 67.2 Å². The van der Waals surface area contributed by atoms with Crippen LogP contribution in [-0.2, 0) is 0 Å². The van der Waals surface area contributed by atoms with E-state index in [-0.39, 0.29) is 23.9 Å². The van der Waals surface area contributed by atoms with Crippen molar-refractivity contribution in [3.05, 3.63) is 42.2 Å². The molecule has 112 valence electrons. The Labute approximate surface area is 122 Å². The third kappa shape index (κ3) is 4.05. The summed E-state index contributed by atoms with van der Waals surface area (Å²) in [5.41, 5.74) is 0.731. The van der Waals surface area contributed by atoms with Crippen LogP contribution in [-0.4, -0.2) is 17.1 Å². The van der Waals surface area contributed by atoms with Crippen LogP contribution in [0.2, 0.25) is 0 Å². The summed E-state index contributed by atoms with van der Waals surface area (Å²) < 4.78 is 18.5. The van der Waals surface area contributed by atoms with Gasteiger partial charge in [-0.3, -0.25) is 0 Å². The molecule has 6 heteroatoms. The van der Waals surface area contributed by atoms with E-state index in [1.807, 2.05) is 13.8 Å². The maximum atomic E-state index is 12.9. The first-order valence-electron chi connectivity index (χ1n) is 6.74. The lowest BCUT2D eigenvalue weighted by Gasteiger charge is -2.13.